The SMILES string of the molecule is C=CCN(c1cnccc1C#N)C(C)(C)C. The fourth-order valence-electron chi connectivity index (χ4n) is 1.56. The summed E-state index contributed by atoms with van der Waals surface area (Å²) in [5.41, 5.74) is 1.44. The van der Waals surface area contributed by atoms with Gasteiger partial charge in [0.2, 0.25) is 0 Å². The van der Waals surface area contributed by atoms with E-state index in [4.69, 9.17) is 5.26 Å². The van der Waals surface area contributed by atoms with Gasteiger partial charge < -0.3 is 4.90 Å². The summed E-state index contributed by atoms with van der Waals surface area (Å²) in [7, 11) is 0. The van der Waals surface area contributed by atoms with E-state index in [9.17, 15) is 0 Å². The van der Waals surface area contributed by atoms with Crippen LogP contribution in [0.3, 0.4) is 0 Å². The zero-order valence-corrected chi connectivity index (χ0v) is 10.1. The van der Waals surface area contributed by atoms with Crippen molar-refractivity contribution in [3.8, 4) is 6.07 Å². The number of nitriles is 1. The zero-order chi connectivity index (χ0) is 12.2. The average Bonchev–Trinajstić information content (AvgIpc) is 2.24. The summed E-state index contributed by atoms with van der Waals surface area (Å²) in [6.07, 6.45) is 5.20. The van der Waals surface area contributed by atoms with Crippen molar-refractivity contribution in [1.29, 1.82) is 5.26 Å². The maximum Gasteiger partial charge on any atom is 0.101 e. The molecule has 0 atom stereocenters. The molecule has 84 valence electrons. The number of nitrogens with zero attached hydrogens (tertiary/aromatic N) is 3. The fraction of sp³-hybridized carbons (Fsp3) is 0.385. The second kappa shape index (κ2) is 4.80. The summed E-state index contributed by atoms with van der Waals surface area (Å²) < 4.78 is 0. The molecule has 0 aliphatic heterocycles. The van der Waals surface area contributed by atoms with Crippen LogP contribution in [-0.4, -0.2) is 17.1 Å². The number of rotatable bonds is 3. The average molecular weight is 215 g/mol. The van der Waals surface area contributed by atoms with Gasteiger partial charge in [-0.1, -0.05) is 6.08 Å². The summed E-state index contributed by atoms with van der Waals surface area (Å²) in [6, 6.07) is 3.92. The summed E-state index contributed by atoms with van der Waals surface area (Å²) in [5.74, 6) is 0. The largest absolute Gasteiger partial charge is 0.361 e. The van der Waals surface area contributed by atoms with Crippen LogP contribution in [0.15, 0.2) is 31.1 Å². The Morgan fingerprint density at radius 3 is 2.75 bits per heavy atom. The van der Waals surface area contributed by atoms with Gasteiger partial charge in [-0.15, -0.1) is 6.58 Å². The predicted octanol–water partition coefficient (Wildman–Crippen LogP) is 2.74. The Hall–Kier alpha value is -1.82. The van der Waals surface area contributed by atoms with E-state index < -0.39 is 0 Å². The molecule has 1 aromatic heterocycles. The van der Waals surface area contributed by atoms with Crippen LogP contribution in [0.25, 0.3) is 0 Å². The maximum absolute atomic E-state index is 9.07. The first kappa shape index (κ1) is 12.3. The quantitative estimate of drug-likeness (QED) is 0.728. The van der Waals surface area contributed by atoms with Crippen molar-refractivity contribution in [3.63, 3.8) is 0 Å². The molecule has 0 unspecified atom stereocenters. The van der Waals surface area contributed by atoms with Crippen LogP contribution >= 0.6 is 0 Å². The van der Waals surface area contributed by atoms with Crippen molar-refractivity contribution < 1.29 is 0 Å². The van der Waals surface area contributed by atoms with Crippen molar-refractivity contribution in [2.24, 2.45) is 0 Å². The molecule has 0 aliphatic carbocycles. The first-order chi connectivity index (χ1) is 7.50. The van der Waals surface area contributed by atoms with Gasteiger partial charge in [0.05, 0.1) is 17.4 Å². The van der Waals surface area contributed by atoms with Gasteiger partial charge >= 0.3 is 0 Å². The molecular weight excluding hydrogens is 198 g/mol. The van der Waals surface area contributed by atoms with E-state index in [0.717, 1.165) is 5.69 Å². The van der Waals surface area contributed by atoms with Crippen molar-refractivity contribution >= 4 is 5.69 Å². The Labute approximate surface area is 97.0 Å². The topological polar surface area (TPSA) is 39.9 Å². The normalized spacial score (nSPS) is 10.6. The summed E-state index contributed by atoms with van der Waals surface area (Å²) in [4.78, 5) is 6.20. The molecule has 1 rings (SSSR count). The highest BCUT2D eigenvalue weighted by Crippen LogP contribution is 2.25. The molecule has 0 amide bonds. The molecule has 1 aromatic rings. The van der Waals surface area contributed by atoms with Crippen LogP contribution in [0.1, 0.15) is 26.3 Å². The lowest BCUT2D eigenvalue weighted by Gasteiger charge is -2.37. The van der Waals surface area contributed by atoms with Crippen LogP contribution < -0.4 is 4.90 Å². The van der Waals surface area contributed by atoms with Crippen LogP contribution in [0.5, 0.6) is 0 Å². The monoisotopic (exact) mass is 215 g/mol. The molecule has 0 radical (unpaired) electrons. The Balaban J connectivity index is 3.21. The lowest BCUT2D eigenvalue weighted by atomic mass is 10.0. The van der Waals surface area contributed by atoms with Crippen LogP contribution in [0.4, 0.5) is 5.69 Å². The summed E-state index contributed by atoms with van der Waals surface area (Å²) in [5, 5.41) is 9.07. The Kier molecular flexibility index (Phi) is 3.68. The lowest BCUT2D eigenvalue weighted by molar-refractivity contribution is 0.521. The molecule has 0 aliphatic rings. The maximum atomic E-state index is 9.07. The molecule has 0 aromatic carbocycles. The Morgan fingerprint density at radius 1 is 1.56 bits per heavy atom. The molecule has 0 bridgehead atoms. The first-order valence-electron chi connectivity index (χ1n) is 5.23. The van der Waals surface area contributed by atoms with E-state index >= 15 is 0 Å². The van der Waals surface area contributed by atoms with E-state index in [1.807, 2.05) is 6.08 Å². The van der Waals surface area contributed by atoms with Crippen molar-refractivity contribution in [3.05, 3.63) is 36.7 Å². The van der Waals surface area contributed by atoms with Gasteiger partial charge in [-0.3, -0.25) is 4.98 Å². The first-order valence-corrected chi connectivity index (χ1v) is 5.23. The number of aromatic nitrogens is 1. The summed E-state index contributed by atoms with van der Waals surface area (Å²) in [6.45, 7) is 10.8. The van der Waals surface area contributed by atoms with Gasteiger partial charge in [0.25, 0.3) is 0 Å². The van der Waals surface area contributed by atoms with Gasteiger partial charge in [-0.05, 0) is 26.8 Å². The molecule has 0 saturated heterocycles. The number of pyridine rings is 1. The van der Waals surface area contributed by atoms with E-state index in [1.54, 1.807) is 18.5 Å². The van der Waals surface area contributed by atoms with Crippen LogP contribution in [0, 0.1) is 11.3 Å². The van der Waals surface area contributed by atoms with Gasteiger partial charge in [-0.2, -0.15) is 5.26 Å². The Bertz CT molecular complexity index is 410. The van der Waals surface area contributed by atoms with Crippen molar-refractivity contribution in [1.82, 2.24) is 4.98 Å². The van der Waals surface area contributed by atoms with Gasteiger partial charge in [-0.25, -0.2) is 0 Å². The zero-order valence-electron chi connectivity index (χ0n) is 10.1. The highest BCUT2D eigenvalue weighted by molar-refractivity contribution is 5.59. The summed E-state index contributed by atoms with van der Waals surface area (Å²) >= 11 is 0. The van der Waals surface area contributed by atoms with Gasteiger partial charge in [0.15, 0.2) is 0 Å². The molecular formula is C13H17N3. The van der Waals surface area contributed by atoms with Crippen molar-refractivity contribution in [2.75, 3.05) is 11.4 Å². The third-order valence-corrected chi connectivity index (χ3v) is 2.33. The molecule has 0 fully saturated rings. The highest BCUT2D eigenvalue weighted by atomic mass is 15.2. The second-order valence-corrected chi connectivity index (χ2v) is 4.57. The van der Waals surface area contributed by atoms with Gasteiger partial charge in [0, 0.05) is 18.3 Å². The minimum absolute atomic E-state index is 0.0666. The minimum Gasteiger partial charge on any atom is -0.361 e. The highest BCUT2D eigenvalue weighted by Gasteiger charge is 2.22. The van der Waals surface area contributed by atoms with E-state index in [0.29, 0.717) is 12.1 Å². The van der Waals surface area contributed by atoms with Gasteiger partial charge in [0.1, 0.15) is 6.07 Å². The number of hydrogen-bond donors (Lipinski definition) is 0. The molecule has 0 saturated carbocycles. The van der Waals surface area contributed by atoms with E-state index in [1.165, 1.54) is 0 Å². The predicted molar refractivity (Wildman–Crippen MR) is 66.2 cm³/mol. The molecule has 0 N–H and O–H groups in total. The minimum atomic E-state index is -0.0666. The Morgan fingerprint density at radius 2 is 2.25 bits per heavy atom. The molecule has 3 nitrogen and oxygen atoms in total. The van der Waals surface area contributed by atoms with Crippen LogP contribution in [0.2, 0.25) is 0 Å². The van der Waals surface area contributed by atoms with E-state index in [2.05, 4.69) is 43.3 Å². The third kappa shape index (κ3) is 2.60. The molecule has 0 spiro atoms. The smallest absolute Gasteiger partial charge is 0.101 e. The molecule has 3 heteroatoms. The standard InChI is InChI=1S/C13H17N3/c1-5-8-16(13(2,3)4)12-10-15-7-6-11(12)9-14/h5-7,10H,1,8H2,2-4H3. The molecule has 1 heterocycles. The number of anilines is 1. The number of hydrogen-bond acceptors (Lipinski definition) is 3. The van der Waals surface area contributed by atoms with Crippen LogP contribution in [-0.2, 0) is 0 Å². The molecule has 16 heavy (non-hydrogen) atoms. The fourth-order valence-corrected chi connectivity index (χ4v) is 1.56. The van der Waals surface area contributed by atoms with Crippen molar-refractivity contribution in [2.45, 2.75) is 26.3 Å². The van der Waals surface area contributed by atoms with E-state index in [-0.39, 0.29) is 5.54 Å². The second-order valence-electron chi connectivity index (χ2n) is 4.57. The lowest BCUT2D eigenvalue weighted by Crippen LogP contribution is -2.42. The third-order valence-electron chi connectivity index (χ3n) is 2.33.